The molecule has 2 unspecified atom stereocenters. The molecule has 0 amide bonds. The van der Waals surface area contributed by atoms with Crippen molar-refractivity contribution in [3.63, 3.8) is 0 Å². The quantitative estimate of drug-likeness (QED) is 0.868. The number of rotatable bonds is 2. The maximum Gasteiger partial charge on any atom is 0.128 e. The molecular formula is C17H25NO. The minimum atomic E-state index is 0.131. The summed E-state index contributed by atoms with van der Waals surface area (Å²) in [5.41, 5.74) is 2.82. The van der Waals surface area contributed by atoms with Gasteiger partial charge in [-0.1, -0.05) is 39.0 Å². The Morgan fingerprint density at radius 1 is 1.21 bits per heavy atom. The van der Waals surface area contributed by atoms with Gasteiger partial charge >= 0.3 is 0 Å². The maximum absolute atomic E-state index is 6.18. The summed E-state index contributed by atoms with van der Waals surface area (Å²) in [5, 5.41) is 3.78. The summed E-state index contributed by atoms with van der Waals surface area (Å²) in [6, 6.07) is 7.83. The van der Waals surface area contributed by atoms with E-state index in [1.54, 1.807) is 0 Å². The van der Waals surface area contributed by atoms with E-state index in [0.717, 1.165) is 18.2 Å². The van der Waals surface area contributed by atoms with Gasteiger partial charge in [0.05, 0.1) is 6.10 Å². The van der Waals surface area contributed by atoms with Crippen molar-refractivity contribution in [1.82, 2.24) is 5.32 Å². The van der Waals surface area contributed by atoms with Crippen LogP contribution in [0.4, 0.5) is 0 Å². The molecule has 1 saturated carbocycles. The minimum absolute atomic E-state index is 0.131. The van der Waals surface area contributed by atoms with Crippen LogP contribution in [0, 0.1) is 0 Å². The SMILES string of the molecule is CC1CC(NC2CC2)c2cccc(C(C)(C)C)c2O1. The molecule has 104 valence electrons. The number of benzene rings is 1. The van der Waals surface area contributed by atoms with E-state index in [1.807, 2.05) is 0 Å². The molecule has 2 aliphatic rings. The van der Waals surface area contributed by atoms with Gasteiger partial charge in [0.25, 0.3) is 0 Å². The number of hydrogen-bond donors (Lipinski definition) is 1. The normalized spacial score (nSPS) is 26.7. The van der Waals surface area contributed by atoms with Crippen LogP contribution in [0.3, 0.4) is 0 Å². The molecule has 1 aromatic carbocycles. The van der Waals surface area contributed by atoms with Crippen molar-refractivity contribution in [2.45, 2.75) is 70.6 Å². The van der Waals surface area contributed by atoms with Crippen LogP contribution in [-0.4, -0.2) is 12.1 Å². The van der Waals surface area contributed by atoms with Crippen molar-refractivity contribution in [3.05, 3.63) is 29.3 Å². The van der Waals surface area contributed by atoms with Gasteiger partial charge in [-0.2, -0.15) is 0 Å². The summed E-state index contributed by atoms with van der Waals surface area (Å²) >= 11 is 0. The highest BCUT2D eigenvalue weighted by atomic mass is 16.5. The van der Waals surface area contributed by atoms with E-state index in [0.29, 0.717) is 12.1 Å². The van der Waals surface area contributed by atoms with Crippen LogP contribution in [0.5, 0.6) is 5.75 Å². The lowest BCUT2D eigenvalue weighted by Crippen LogP contribution is -2.33. The van der Waals surface area contributed by atoms with Crippen LogP contribution in [0.1, 0.15) is 64.1 Å². The summed E-state index contributed by atoms with van der Waals surface area (Å²) in [6.45, 7) is 8.96. The number of para-hydroxylation sites is 1. The average molecular weight is 259 g/mol. The second-order valence-corrected chi connectivity index (χ2v) is 7.13. The van der Waals surface area contributed by atoms with E-state index in [4.69, 9.17) is 4.74 Å². The first kappa shape index (κ1) is 13.0. The number of ether oxygens (including phenoxy) is 1. The summed E-state index contributed by atoms with van der Waals surface area (Å²) in [5.74, 6) is 1.13. The molecule has 2 atom stereocenters. The highest BCUT2D eigenvalue weighted by Crippen LogP contribution is 2.42. The van der Waals surface area contributed by atoms with E-state index in [1.165, 1.54) is 24.0 Å². The molecule has 0 aromatic heterocycles. The molecular weight excluding hydrogens is 234 g/mol. The molecule has 0 bridgehead atoms. The van der Waals surface area contributed by atoms with E-state index >= 15 is 0 Å². The summed E-state index contributed by atoms with van der Waals surface area (Å²) in [7, 11) is 0. The third-order valence-electron chi connectivity index (χ3n) is 4.13. The fourth-order valence-electron chi connectivity index (χ4n) is 2.95. The van der Waals surface area contributed by atoms with Crippen LogP contribution >= 0.6 is 0 Å². The van der Waals surface area contributed by atoms with Crippen molar-refractivity contribution in [2.24, 2.45) is 0 Å². The van der Waals surface area contributed by atoms with Crippen LogP contribution in [-0.2, 0) is 5.41 Å². The smallest absolute Gasteiger partial charge is 0.128 e. The van der Waals surface area contributed by atoms with Crippen LogP contribution in [0.25, 0.3) is 0 Å². The van der Waals surface area contributed by atoms with Gasteiger partial charge in [0.1, 0.15) is 5.75 Å². The molecule has 2 heteroatoms. The highest BCUT2D eigenvalue weighted by molar-refractivity contribution is 5.48. The number of fused-ring (bicyclic) bond motifs is 1. The van der Waals surface area contributed by atoms with Gasteiger partial charge in [-0.25, -0.2) is 0 Å². The Balaban J connectivity index is 2.00. The first-order chi connectivity index (χ1) is 8.95. The van der Waals surface area contributed by atoms with Gasteiger partial charge in [0.15, 0.2) is 0 Å². The van der Waals surface area contributed by atoms with Crippen molar-refractivity contribution >= 4 is 0 Å². The van der Waals surface area contributed by atoms with E-state index in [2.05, 4.69) is 51.2 Å². The zero-order chi connectivity index (χ0) is 13.6. The molecule has 2 nitrogen and oxygen atoms in total. The molecule has 1 N–H and O–H groups in total. The topological polar surface area (TPSA) is 21.3 Å². The molecule has 1 aliphatic carbocycles. The van der Waals surface area contributed by atoms with E-state index in [9.17, 15) is 0 Å². The van der Waals surface area contributed by atoms with Crippen molar-refractivity contribution in [2.75, 3.05) is 0 Å². The Morgan fingerprint density at radius 3 is 2.58 bits per heavy atom. The Morgan fingerprint density at radius 2 is 1.95 bits per heavy atom. The molecule has 1 heterocycles. The van der Waals surface area contributed by atoms with Gasteiger partial charge in [-0.05, 0) is 30.7 Å². The Labute approximate surface area is 116 Å². The Hall–Kier alpha value is -1.02. The largest absolute Gasteiger partial charge is 0.490 e. The molecule has 0 spiro atoms. The van der Waals surface area contributed by atoms with E-state index < -0.39 is 0 Å². The fourth-order valence-corrected chi connectivity index (χ4v) is 2.95. The number of nitrogens with one attached hydrogen (secondary N) is 1. The molecule has 1 fully saturated rings. The monoisotopic (exact) mass is 259 g/mol. The third-order valence-corrected chi connectivity index (χ3v) is 4.13. The fraction of sp³-hybridized carbons (Fsp3) is 0.647. The van der Waals surface area contributed by atoms with Gasteiger partial charge in [-0.15, -0.1) is 0 Å². The zero-order valence-electron chi connectivity index (χ0n) is 12.5. The van der Waals surface area contributed by atoms with Gasteiger partial charge in [0, 0.05) is 24.1 Å². The predicted molar refractivity (Wildman–Crippen MR) is 78.7 cm³/mol. The lowest BCUT2D eigenvalue weighted by atomic mass is 9.83. The first-order valence-electron chi connectivity index (χ1n) is 7.51. The van der Waals surface area contributed by atoms with Crippen LogP contribution < -0.4 is 10.1 Å². The minimum Gasteiger partial charge on any atom is -0.490 e. The van der Waals surface area contributed by atoms with Gasteiger partial charge < -0.3 is 10.1 Å². The van der Waals surface area contributed by atoms with Crippen molar-refractivity contribution in [1.29, 1.82) is 0 Å². The molecule has 1 aliphatic heterocycles. The summed E-state index contributed by atoms with van der Waals surface area (Å²) < 4.78 is 6.18. The zero-order valence-corrected chi connectivity index (χ0v) is 12.5. The standard InChI is InChI=1S/C17H25NO/c1-11-10-15(18-12-8-9-12)13-6-5-7-14(16(13)19-11)17(2,3)4/h5-7,11-12,15,18H,8-10H2,1-4H3. The first-order valence-corrected chi connectivity index (χ1v) is 7.51. The van der Waals surface area contributed by atoms with Gasteiger partial charge in [0.2, 0.25) is 0 Å². The maximum atomic E-state index is 6.18. The lowest BCUT2D eigenvalue weighted by molar-refractivity contribution is 0.162. The summed E-state index contributed by atoms with van der Waals surface area (Å²) in [6.07, 6.45) is 4.05. The second-order valence-electron chi connectivity index (χ2n) is 7.13. The lowest BCUT2D eigenvalue weighted by Gasteiger charge is -2.35. The van der Waals surface area contributed by atoms with Crippen LogP contribution in [0.15, 0.2) is 18.2 Å². The highest BCUT2D eigenvalue weighted by Gasteiger charge is 2.33. The van der Waals surface area contributed by atoms with Gasteiger partial charge in [-0.3, -0.25) is 0 Å². The van der Waals surface area contributed by atoms with Crippen molar-refractivity contribution < 1.29 is 4.74 Å². The molecule has 1 aromatic rings. The molecule has 3 rings (SSSR count). The third kappa shape index (κ3) is 2.64. The summed E-state index contributed by atoms with van der Waals surface area (Å²) in [4.78, 5) is 0. The Kier molecular flexibility index (Phi) is 3.09. The van der Waals surface area contributed by atoms with E-state index in [-0.39, 0.29) is 5.41 Å². The average Bonchev–Trinajstić information content (AvgIpc) is 3.10. The van der Waals surface area contributed by atoms with Crippen LogP contribution in [0.2, 0.25) is 0 Å². The molecule has 0 radical (unpaired) electrons. The molecule has 0 saturated heterocycles. The number of hydrogen-bond acceptors (Lipinski definition) is 2. The molecule has 19 heavy (non-hydrogen) atoms. The predicted octanol–water partition coefficient (Wildman–Crippen LogP) is 3.95. The van der Waals surface area contributed by atoms with Crippen molar-refractivity contribution in [3.8, 4) is 5.75 Å². The Bertz CT molecular complexity index is 471. The second kappa shape index (κ2) is 4.52.